The highest BCUT2D eigenvalue weighted by molar-refractivity contribution is 5.69. The predicted molar refractivity (Wildman–Crippen MR) is 84.9 cm³/mol. The van der Waals surface area contributed by atoms with Crippen LogP contribution in [-0.4, -0.2) is 24.3 Å². The number of ether oxygens (including phenoxy) is 2. The quantitative estimate of drug-likeness (QED) is 0.830. The van der Waals surface area contributed by atoms with E-state index in [1.165, 1.54) is 0 Å². The Morgan fingerprint density at radius 1 is 1.23 bits per heavy atom. The van der Waals surface area contributed by atoms with Gasteiger partial charge in [0.25, 0.3) is 0 Å². The fourth-order valence-corrected chi connectivity index (χ4v) is 3.07. The van der Waals surface area contributed by atoms with Crippen molar-refractivity contribution in [3.63, 3.8) is 0 Å². The van der Waals surface area contributed by atoms with E-state index in [0.717, 1.165) is 43.4 Å². The average Bonchev–Trinajstić information content (AvgIpc) is 2.54. The van der Waals surface area contributed by atoms with E-state index < -0.39 is 5.97 Å². The van der Waals surface area contributed by atoms with Crippen LogP contribution < -0.4 is 4.74 Å². The highest BCUT2D eigenvalue weighted by atomic mass is 16.5. The van der Waals surface area contributed by atoms with E-state index in [0.29, 0.717) is 18.6 Å². The van der Waals surface area contributed by atoms with E-state index in [4.69, 9.17) is 14.6 Å². The van der Waals surface area contributed by atoms with Crippen molar-refractivity contribution in [3.8, 4) is 5.75 Å². The smallest absolute Gasteiger partial charge is 0.306 e. The molecule has 1 aliphatic carbocycles. The molecule has 22 heavy (non-hydrogen) atoms. The molecule has 2 rings (SSSR count). The Labute approximate surface area is 132 Å². The Hall–Kier alpha value is -1.55. The molecule has 122 valence electrons. The van der Waals surface area contributed by atoms with Crippen LogP contribution in [0.2, 0.25) is 0 Å². The summed E-state index contributed by atoms with van der Waals surface area (Å²) in [5.74, 6) is 0.475. The highest BCUT2D eigenvalue weighted by Crippen LogP contribution is 2.31. The summed E-state index contributed by atoms with van der Waals surface area (Å²) in [5, 5.41) is 8.98. The molecule has 0 radical (unpaired) electrons. The molecule has 1 aromatic carbocycles. The summed E-state index contributed by atoms with van der Waals surface area (Å²) in [7, 11) is 1.66. The summed E-state index contributed by atoms with van der Waals surface area (Å²) < 4.78 is 11.1. The van der Waals surface area contributed by atoms with Crippen LogP contribution in [0, 0.1) is 11.8 Å². The van der Waals surface area contributed by atoms with E-state index in [-0.39, 0.29) is 5.92 Å². The zero-order chi connectivity index (χ0) is 15.9. The first-order valence-electron chi connectivity index (χ1n) is 8.05. The minimum Gasteiger partial charge on any atom is -0.497 e. The van der Waals surface area contributed by atoms with Gasteiger partial charge < -0.3 is 14.6 Å². The van der Waals surface area contributed by atoms with Crippen LogP contribution in [0.4, 0.5) is 0 Å². The Balaban J connectivity index is 1.69. The third kappa shape index (κ3) is 5.02. The molecule has 0 amide bonds. The first-order valence-corrected chi connectivity index (χ1v) is 8.05. The third-order valence-electron chi connectivity index (χ3n) is 4.55. The van der Waals surface area contributed by atoms with E-state index in [9.17, 15) is 4.79 Å². The van der Waals surface area contributed by atoms with Crippen LogP contribution in [0.3, 0.4) is 0 Å². The maximum absolute atomic E-state index is 10.9. The molecule has 0 heterocycles. The molecule has 4 heteroatoms. The van der Waals surface area contributed by atoms with Crippen LogP contribution >= 0.6 is 0 Å². The van der Waals surface area contributed by atoms with Gasteiger partial charge in [0.05, 0.1) is 25.7 Å². The topological polar surface area (TPSA) is 55.8 Å². The van der Waals surface area contributed by atoms with Crippen LogP contribution in [0.1, 0.15) is 44.6 Å². The number of aliphatic carboxylic acids is 1. The maximum Gasteiger partial charge on any atom is 0.306 e. The number of carboxylic acid groups (broad SMARTS) is 1. The lowest BCUT2D eigenvalue weighted by Gasteiger charge is -2.29. The zero-order valence-electron chi connectivity index (χ0n) is 13.5. The van der Waals surface area contributed by atoms with Crippen molar-refractivity contribution < 1.29 is 19.4 Å². The zero-order valence-corrected chi connectivity index (χ0v) is 13.5. The van der Waals surface area contributed by atoms with Gasteiger partial charge in [-0.25, -0.2) is 0 Å². The Morgan fingerprint density at radius 3 is 2.41 bits per heavy atom. The normalized spacial score (nSPS) is 23.0. The van der Waals surface area contributed by atoms with Gasteiger partial charge in [0.1, 0.15) is 5.75 Å². The largest absolute Gasteiger partial charge is 0.497 e. The number of carboxylic acids is 1. The van der Waals surface area contributed by atoms with Gasteiger partial charge in [0.15, 0.2) is 0 Å². The molecule has 0 bridgehead atoms. The summed E-state index contributed by atoms with van der Waals surface area (Å²) in [6.07, 6.45) is 5.31. The first-order chi connectivity index (χ1) is 10.6. The van der Waals surface area contributed by atoms with E-state index in [2.05, 4.69) is 0 Å². The molecule has 1 fully saturated rings. The Kier molecular flexibility index (Phi) is 6.25. The van der Waals surface area contributed by atoms with Crippen molar-refractivity contribution >= 4 is 5.97 Å². The number of methoxy groups -OCH3 is 1. The Bertz CT molecular complexity index is 460. The maximum atomic E-state index is 10.9. The number of carbonyl (C=O) groups is 1. The summed E-state index contributed by atoms with van der Waals surface area (Å²) in [6.45, 7) is 2.43. The number of benzene rings is 1. The molecule has 1 saturated carbocycles. The summed E-state index contributed by atoms with van der Waals surface area (Å²) >= 11 is 0. The van der Waals surface area contributed by atoms with Crippen molar-refractivity contribution in [1.29, 1.82) is 0 Å². The molecule has 1 atom stereocenters. The second-order valence-electron chi connectivity index (χ2n) is 6.28. The summed E-state index contributed by atoms with van der Waals surface area (Å²) in [6, 6.07) is 7.95. The van der Waals surface area contributed by atoms with Crippen molar-refractivity contribution in [3.05, 3.63) is 29.8 Å². The molecule has 0 aliphatic heterocycles. The summed E-state index contributed by atoms with van der Waals surface area (Å²) in [5.41, 5.74) is 1.16. The lowest BCUT2D eigenvalue weighted by molar-refractivity contribution is -0.141. The van der Waals surface area contributed by atoms with Crippen molar-refractivity contribution in [2.75, 3.05) is 7.11 Å². The second-order valence-corrected chi connectivity index (χ2v) is 6.28. The van der Waals surface area contributed by atoms with Crippen molar-refractivity contribution in [1.82, 2.24) is 0 Å². The van der Waals surface area contributed by atoms with Crippen molar-refractivity contribution in [2.24, 2.45) is 11.8 Å². The molecule has 1 aliphatic rings. The number of hydrogen-bond donors (Lipinski definition) is 1. The standard InChI is InChI=1S/C18H26O4/c1-13(18(19)20)11-14-3-9-17(10-4-14)22-12-15-5-7-16(21-2)8-6-15/h5-8,13-14,17H,3-4,9-12H2,1-2H3,(H,19,20)/t13-,14?,17?/m0/s1. The van der Waals surface area contributed by atoms with Crippen LogP contribution in [0.25, 0.3) is 0 Å². The van der Waals surface area contributed by atoms with Crippen molar-refractivity contribution in [2.45, 2.75) is 51.7 Å². The molecular weight excluding hydrogens is 280 g/mol. The molecular formula is C18H26O4. The minimum absolute atomic E-state index is 0.234. The van der Waals surface area contributed by atoms with Gasteiger partial charge in [-0.2, -0.15) is 0 Å². The van der Waals surface area contributed by atoms with Crippen LogP contribution in [0.5, 0.6) is 5.75 Å². The SMILES string of the molecule is COc1ccc(COC2CCC(C[C@H](C)C(=O)O)CC2)cc1. The molecule has 0 spiro atoms. The van der Waals surface area contributed by atoms with Crippen LogP contribution in [-0.2, 0) is 16.1 Å². The van der Waals surface area contributed by atoms with Gasteiger partial charge in [-0.05, 0) is 55.7 Å². The lowest BCUT2D eigenvalue weighted by atomic mass is 9.82. The molecule has 0 saturated heterocycles. The minimum atomic E-state index is -0.683. The van der Waals surface area contributed by atoms with Gasteiger partial charge in [-0.3, -0.25) is 4.79 Å². The highest BCUT2D eigenvalue weighted by Gasteiger charge is 2.25. The summed E-state index contributed by atoms with van der Waals surface area (Å²) in [4.78, 5) is 10.9. The van der Waals surface area contributed by atoms with Gasteiger partial charge in [0, 0.05) is 0 Å². The second kappa shape index (κ2) is 8.18. The molecule has 0 aromatic heterocycles. The lowest BCUT2D eigenvalue weighted by Crippen LogP contribution is -2.24. The average molecular weight is 306 g/mol. The van der Waals surface area contributed by atoms with Gasteiger partial charge in [-0.1, -0.05) is 19.1 Å². The van der Waals surface area contributed by atoms with Gasteiger partial charge in [0.2, 0.25) is 0 Å². The van der Waals surface area contributed by atoms with E-state index >= 15 is 0 Å². The third-order valence-corrected chi connectivity index (χ3v) is 4.55. The fourth-order valence-electron chi connectivity index (χ4n) is 3.07. The Morgan fingerprint density at radius 2 is 1.86 bits per heavy atom. The molecule has 1 aromatic rings. The van der Waals surface area contributed by atoms with Crippen LogP contribution in [0.15, 0.2) is 24.3 Å². The fraction of sp³-hybridized carbons (Fsp3) is 0.611. The van der Waals surface area contributed by atoms with E-state index in [1.807, 2.05) is 24.3 Å². The van der Waals surface area contributed by atoms with Gasteiger partial charge in [-0.15, -0.1) is 0 Å². The molecule has 0 unspecified atom stereocenters. The predicted octanol–water partition coefficient (Wildman–Crippen LogP) is 3.88. The van der Waals surface area contributed by atoms with E-state index in [1.54, 1.807) is 14.0 Å². The number of rotatable bonds is 7. The van der Waals surface area contributed by atoms with Gasteiger partial charge >= 0.3 is 5.97 Å². The molecule has 1 N–H and O–H groups in total. The molecule has 4 nitrogen and oxygen atoms in total. The monoisotopic (exact) mass is 306 g/mol. The first kappa shape index (κ1) is 16.8. The number of hydrogen-bond acceptors (Lipinski definition) is 3.